The van der Waals surface area contributed by atoms with E-state index in [-0.39, 0.29) is 5.75 Å². The fraction of sp³-hybridized carbons (Fsp3) is 0.455. The molecule has 1 unspecified atom stereocenters. The van der Waals surface area contributed by atoms with Gasteiger partial charge in [-0.1, -0.05) is 22.9 Å². The molecule has 0 saturated carbocycles. The van der Waals surface area contributed by atoms with Crippen LogP contribution in [0, 0.1) is 0 Å². The zero-order chi connectivity index (χ0) is 12.0. The smallest absolute Gasteiger partial charge is 0.115 e. The standard InChI is InChI=1S/C11H16BrNO2S/c1-2-16(15)6-5-13-8-9-7-10(14)3-4-11(9)12/h3-4,7,13-14H,2,5-6,8H2,1H3. The Hall–Kier alpha value is -0.390. The lowest BCUT2D eigenvalue weighted by atomic mass is 10.2. The zero-order valence-corrected chi connectivity index (χ0v) is 11.6. The van der Waals surface area contributed by atoms with Gasteiger partial charge in [0.2, 0.25) is 0 Å². The summed E-state index contributed by atoms with van der Waals surface area (Å²) >= 11 is 3.41. The van der Waals surface area contributed by atoms with Crippen molar-refractivity contribution in [3.8, 4) is 5.75 Å². The van der Waals surface area contributed by atoms with Crippen LogP contribution in [-0.2, 0) is 17.3 Å². The maximum absolute atomic E-state index is 11.2. The zero-order valence-electron chi connectivity index (χ0n) is 9.20. The molecule has 0 bridgehead atoms. The van der Waals surface area contributed by atoms with Gasteiger partial charge in [-0.25, -0.2) is 0 Å². The number of hydrogen-bond acceptors (Lipinski definition) is 3. The Bertz CT molecular complexity index is 371. The molecule has 0 aliphatic carbocycles. The van der Waals surface area contributed by atoms with Gasteiger partial charge >= 0.3 is 0 Å². The fourth-order valence-electron chi connectivity index (χ4n) is 1.25. The lowest BCUT2D eigenvalue weighted by Gasteiger charge is -2.07. The minimum atomic E-state index is -0.718. The van der Waals surface area contributed by atoms with Crippen molar-refractivity contribution in [3.63, 3.8) is 0 Å². The van der Waals surface area contributed by atoms with Gasteiger partial charge in [0.05, 0.1) is 0 Å². The predicted molar refractivity (Wildman–Crippen MR) is 71.1 cm³/mol. The summed E-state index contributed by atoms with van der Waals surface area (Å²) in [5.74, 6) is 1.64. The number of rotatable bonds is 6. The molecular weight excluding hydrogens is 290 g/mol. The first kappa shape index (κ1) is 13.7. The van der Waals surface area contributed by atoms with Crippen molar-refractivity contribution in [3.05, 3.63) is 28.2 Å². The third-order valence-electron chi connectivity index (χ3n) is 2.17. The first-order valence-corrected chi connectivity index (χ1v) is 7.44. The number of hydrogen-bond donors (Lipinski definition) is 2. The van der Waals surface area contributed by atoms with Crippen LogP contribution in [0.2, 0.25) is 0 Å². The van der Waals surface area contributed by atoms with E-state index in [2.05, 4.69) is 21.2 Å². The van der Waals surface area contributed by atoms with Crippen LogP contribution < -0.4 is 5.32 Å². The molecule has 0 aromatic heterocycles. The van der Waals surface area contributed by atoms with E-state index < -0.39 is 10.8 Å². The highest BCUT2D eigenvalue weighted by atomic mass is 79.9. The summed E-state index contributed by atoms with van der Waals surface area (Å²) in [6.45, 7) is 3.31. The minimum Gasteiger partial charge on any atom is -0.508 e. The van der Waals surface area contributed by atoms with E-state index in [0.29, 0.717) is 18.1 Å². The normalized spacial score (nSPS) is 12.6. The molecule has 2 N–H and O–H groups in total. The van der Waals surface area contributed by atoms with Crippen LogP contribution in [0.4, 0.5) is 0 Å². The molecule has 0 fully saturated rings. The van der Waals surface area contributed by atoms with Crippen LogP contribution in [0.1, 0.15) is 12.5 Å². The van der Waals surface area contributed by atoms with Crippen LogP contribution in [-0.4, -0.2) is 27.4 Å². The molecule has 90 valence electrons. The van der Waals surface area contributed by atoms with E-state index in [1.54, 1.807) is 12.1 Å². The average Bonchev–Trinajstić information content (AvgIpc) is 2.28. The van der Waals surface area contributed by atoms with Gasteiger partial charge in [0.1, 0.15) is 5.75 Å². The van der Waals surface area contributed by atoms with E-state index in [1.807, 2.05) is 13.0 Å². The molecule has 0 spiro atoms. The third-order valence-corrected chi connectivity index (χ3v) is 4.25. The van der Waals surface area contributed by atoms with Crippen molar-refractivity contribution in [2.45, 2.75) is 13.5 Å². The second kappa shape index (κ2) is 7.04. The Labute approximate surface area is 107 Å². The molecule has 0 aliphatic heterocycles. The molecule has 3 nitrogen and oxygen atoms in total. The van der Waals surface area contributed by atoms with Gasteiger partial charge in [0.25, 0.3) is 0 Å². The molecule has 0 saturated heterocycles. The molecule has 1 aromatic rings. The Morgan fingerprint density at radius 2 is 2.25 bits per heavy atom. The molecule has 16 heavy (non-hydrogen) atoms. The maximum Gasteiger partial charge on any atom is 0.115 e. The van der Waals surface area contributed by atoms with Crippen molar-refractivity contribution in [2.75, 3.05) is 18.1 Å². The SMILES string of the molecule is CCS(=O)CCNCc1cc(O)ccc1Br. The van der Waals surface area contributed by atoms with Crippen molar-refractivity contribution in [1.29, 1.82) is 0 Å². The summed E-state index contributed by atoms with van der Waals surface area (Å²) in [6, 6.07) is 5.17. The Morgan fingerprint density at radius 3 is 2.94 bits per heavy atom. The number of benzene rings is 1. The number of aromatic hydroxyl groups is 1. The van der Waals surface area contributed by atoms with Crippen molar-refractivity contribution in [2.24, 2.45) is 0 Å². The van der Waals surface area contributed by atoms with Gasteiger partial charge in [0, 0.05) is 39.9 Å². The van der Waals surface area contributed by atoms with Crippen LogP contribution in [0.3, 0.4) is 0 Å². The highest BCUT2D eigenvalue weighted by Crippen LogP contribution is 2.21. The van der Waals surface area contributed by atoms with Crippen molar-refractivity contribution >= 4 is 26.7 Å². The number of halogens is 1. The van der Waals surface area contributed by atoms with E-state index in [1.165, 1.54) is 0 Å². The fourth-order valence-corrected chi connectivity index (χ4v) is 2.30. The van der Waals surface area contributed by atoms with E-state index >= 15 is 0 Å². The molecule has 1 atom stereocenters. The first-order chi connectivity index (χ1) is 7.63. The van der Waals surface area contributed by atoms with Crippen LogP contribution in [0.5, 0.6) is 5.75 Å². The number of nitrogens with one attached hydrogen (secondary N) is 1. The Balaban J connectivity index is 2.37. The van der Waals surface area contributed by atoms with E-state index in [9.17, 15) is 9.32 Å². The average molecular weight is 306 g/mol. The molecule has 0 radical (unpaired) electrons. The van der Waals surface area contributed by atoms with Crippen LogP contribution in [0.25, 0.3) is 0 Å². The number of phenolic OH excluding ortho intramolecular Hbond substituents is 1. The third kappa shape index (κ3) is 4.63. The minimum absolute atomic E-state index is 0.261. The lowest BCUT2D eigenvalue weighted by Crippen LogP contribution is -2.20. The van der Waals surface area contributed by atoms with Gasteiger partial charge < -0.3 is 10.4 Å². The lowest BCUT2D eigenvalue weighted by molar-refractivity contribution is 0.474. The molecule has 0 heterocycles. The highest BCUT2D eigenvalue weighted by Gasteiger charge is 2.01. The van der Waals surface area contributed by atoms with E-state index in [4.69, 9.17) is 0 Å². The summed E-state index contributed by atoms with van der Waals surface area (Å²) in [5.41, 5.74) is 1.00. The highest BCUT2D eigenvalue weighted by molar-refractivity contribution is 9.10. The molecule has 0 amide bonds. The summed E-state index contributed by atoms with van der Waals surface area (Å²) in [6.07, 6.45) is 0. The van der Waals surface area contributed by atoms with Gasteiger partial charge in [-0.2, -0.15) is 0 Å². The summed E-state index contributed by atoms with van der Waals surface area (Å²) in [7, 11) is -0.718. The quantitative estimate of drug-likeness (QED) is 0.791. The molecule has 1 rings (SSSR count). The second-order valence-corrected chi connectivity index (χ2v) is 6.10. The Morgan fingerprint density at radius 1 is 1.50 bits per heavy atom. The summed E-state index contributed by atoms with van der Waals surface area (Å²) in [4.78, 5) is 0. The summed E-state index contributed by atoms with van der Waals surface area (Å²) < 4.78 is 12.1. The summed E-state index contributed by atoms with van der Waals surface area (Å²) in [5, 5.41) is 12.5. The van der Waals surface area contributed by atoms with Gasteiger partial charge in [-0.3, -0.25) is 4.21 Å². The topological polar surface area (TPSA) is 49.3 Å². The second-order valence-electron chi connectivity index (χ2n) is 3.39. The largest absolute Gasteiger partial charge is 0.508 e. The van der Waals surface area contributed by atoms with Gasteiger partial charge in [-0.15, -0.1) is 0 Å². The number of phenols is 1. The molecule has 1 aromatic carbocycles. The van der Waals surface area contributed by atoms with Crippen molar-refractivity contribution < 1.29 is 9.32 Å². The van der Waals surface area contributed by atoms with E-state index in [0.717, 1.165) is 16.6 Å². The molecule has 0 aliphatic rings. The maximum atomic E-state index is 11.2. The molecule has 5 heteroatoms. The monoisotopic (exact) mass is 305 g/mol. The van der Waals surface area contributed by atoms with Crippen molar-refractivity contribution in [1.82, 2.24) is 5.32 Å². The van der Waals surface area contributed by atoms with Crippen LogP contribution >= 0.6 is 15.9 Å². The van der Waals surface area contributed by atoms with Crippen LogP contribution in [0.15, 0.2) is 22.7 Å². The molecular formula is C11H16BrNO2S. The Kier molecular flexibility index (Phi) is 6.01. The predicted octanol–water partition coefficient (Wildman–Crippen LogP) is 2.01. The van der Waals surface area contributed by atoms with Gasteiger partial charge in [0.15, 0.2) is 0 Å². The first-order valence-electron chi connectivity index (χ1n) is 5.16. The van der Waals surface area contributed by atoms with Gasteiger partial charge in [-0.05, 0) is 23.8 Å².